The minimum Gasteiger partial charge on any atom is -0.324 e. The Bertz CT molecular complexity index is 479. The van der Waals surface area contributed by atoms with Crippen LogP contribution in [0.2, 0.25) is 5.02 Å². The van der Waals surface area contributed by atoms with E-state index in [1.807, 2.05) is 0 Å². The molecule has 17 heavy (non-hydrogen) atoms. The topological polar surface area (TPSA) is 52.9 Å². The summed E-state index contributed by atoms with van der Waals surface area (Å²) in [6, 6.07) is 4.73. The molecule has 0 saturated carbocycles. The van der Waals surface area contributed by atoms with Gasteiger partial charge in [0.25, 0.3) is 0 Å². The Morgan fingerprint density at radius 1 is 1.47 bits per heavy atom. The SMILES string of the molecule is N#CCC(=O)Nc1cccc(C(F)(F)F)c1Cl. The van der Waals surface area contributed by atoms with Crippen LogP contribution in [0.5, 0.6) is 0 Å². The van der Waals surface area contributed by atoms with Crippen LogP contribution in [0.25, 0.3) is 0 Å². The summed E-state index contributed by atoms with van der Waals surface area (Å²) in [6.07, 6.45) is -5.04. The molecule has 1 rings (SSSR count). The van der Waals surface area contributed by atoms with Crippen molar-refractivity contribution in [3.8, 4) is 6.07 Å². The molecule has 0 fully saturated rings. The van der Waals surface area contributed by atoms with Crippen LogP contribution in [0, 0.1) is 11.3 Å². The van der Waals surface area contributed by atoms with Crippen molar-refractivity contribution in [1.82, 2.24) is 0 Å². The number of carbonyl (C=O) groups is 1. The van der Waals surface area contributed by atoms with Gasteiger partial charge in [-0.25, -0.2) is 0 Å². The number of rotatable bonds is 2. The number of anilines is 1. The molecular formula is C10H6ClF3N2O. The van der Waals surface area contributed by atoms with Gasteiger partial charge in [-0.05, 0) is 12.1 Å². The second-order valence-electron chi connectivity index (χ2n) is 3.05. The van der Waals surface area contributed by atoms with E-state index in [2.05, 4.69) is 5.32 Å². The van der Waals surface area contributed by atoms with E-state index in [4.69, 9.17) is 16.9 Å². The molecule has 1 N–H and O–H groups in total. The van der Waals surface area contributed by atoms with Crippen LogP contribution in [-0.4, -0.2) is 5.91 Å². The molecule has 0 aliphatic heterocycles. The quantitative estimate of drug-likeness (QED) is 0.890. The minimum atomic E-state index is -4.59. The Kier molecular flexibility index (Phi) is 3.97. The first-order valence-electron chi connectivity index (χ1n) is 4.38. The van der Waals surface area contributed by atoms with Gasteiger partial charge in [-0.1, -0.05) is 17.7 Å². The van der Waals surface area contributed by atoms with Gasteiger partial charge in [0.15, 0.2) is 0 Å². The van der Waals surface area contributed by atoms with E-state index in [9.17, 15) is 18.0 Å². The van der Waals surface area contributed by atoms with Crippen LogP contribution in [0.15, 0.2) is 18.2 Å². The van der Waals surface area contributed by atoms with E-state index in [1.165, 1.54) is 6.07 Å². The third-order valence-electron chi connectivity index (χ3n) is 1.82. The first-order chi connectivity index (χ1) is 7.86. The van der Waals surface area contributed by atoms with Crippen molar-refractivity contribution in [1.29, 1.82) is 5.26 Å². The van der Waals surface area contributed by atoms with E-state index < -0.39 is 29.1 Å². The fraction of sp³-hybridized carbons (Fsp3) is 0.200. The molecule has 7 heteroatoms. The van der Waals surface area contributed by atoms with Crippen molar-refractivity contribution in [2.75, 3.05) is 5.32 Å². The van der Waals surface area contributed by atoms with Gasteiger partial charge in [0.2, 0.25) is 5.91 Å². The van der Waals surface area contributed by atoms with Gasteiger partial charge in [0.05, 0.1) is 22.3 Å². The van der Waals surface area contributed by atoms with Gasteiger partial charge in [-0.3, -0.25) is 4.79 Å². The zero-order valence-electron chi connectivity index (χ0n) is 8.31. The number of nitrogens with one attached hydrogen (secondary N) is 1. The predicted molar refractivity (Wildman–Crippen MR) is 55.3 cm³/mol. The second kappa shape index (κ2) is 5.06. The molecule has 0 spiro atoms. The van der Waals surface area contributed by atoms with Gasteiger partial charge in [-0.2, -0.15) is 18.4 Å². The fourth-order valence-electron chi connectivity index (χ4n) is 1.11. The lowest BCUT2D eigenvalue weighted by Gasteiger charge is -2.12. The second-order valence-corrected chi connectivity index (χ2v) is 3.43. The highest BCUT2D eigenvalue weighted by atomic mass is 35.5. The molecule has 3 nitrogen and oxygen atoms in total. The average molecular weight is 263 g/mol. The number of nitrogens with zero attached hydrogens (tertiary/aromatic N) is 1. The van der Waals surface area contributed by atoms with Crippen molar-refractivity contribution < 1.29 is 18.0 Å². The summed E-state index contributed by atoms with van der Waals surface area (Å²) >= 11 is 5.52. The number of nitriles is 1. The maximum atomic E-state index is 12.5. The molecule has 0 aliphatic rings. The maximum Gasteiger partial charge on any atom is 0.417 e. The highest BCUT2D eigenvalue weighted by molar-refractivity contribution is 6.34. The summed E-state index contributed by atoms with van der Waals surface area (Å²) in [6.45, 7) is 0. The lowest BCUT2D eigenvalue weighted by molar-refractivity contribution is -0.137. The summed E-state index contributed by atoms with van der Waals surface area (Å²) in [5.74, 6) is -0.714. The fourth-order valence-corrected chi connectivity index (χ4v) is 1.39. The molecule has 0 unspecified atom stereocenters. The van der Waals surface area contributed by atoms with Gasteiger partial charge in [0.1, 0.15) is 6.42 Å². The summed E-state index contributed by atoms with van der Waals surface area (Å²) < 4.78 is 37.4. The molecular weight excluding hydrogens is 257 g/mol. The van der Waals surface area contributed by atoms with E-state index in [0.717, 1.165) is 12.1 Å². The third-order valence-corrected chi connectivity index (χ3v) is 2.23. The molecule has 0 aromatic heterocycles. The third kappa shape index (κ3) is 3.36. The molecule has 0 aliphatic carbocycles. The molecule has 1 amide bonds. The molecule has 1 aromatic carbocycles. The number of hydrogen-bond donors (Lipinski definition) is 1. The summed E-state index contributed by atoms with van der Waals surface area (Å²) in [5.41, 5.74) is -1.20. The van der Waals surface area contributed by atoms with Crippen molar-refractivity contribution in [3.63, 3.8) is 0 Å². The zero-order chi connectivity index (χ0) is 13.1. The number of carbonyl (C=O) groups excluding carboxylic acids is 1. The summed E-state index contributed by atoms with van der Waals surface area (Å²) in [5, 5.41) is 9.78. The van der Waals surface area contributed by atoms with E-state index in [-0.39, 0.29) is 5.69 Å². The Labute approximate surface area is 99.8 Å². The first-order valence-corrected chi connectivity index (χ1v) is 4.76. The Hall–Kier alpha value is -1.74. The van der Waals surface area contributed by atoms with Crippen molar-refractivity contribution in [2.24, 2.45) is 0 Å². The smallest absolute Gasteiger partial charge is 0.324 e. The standard InChI is InChI=1S/C10H6ClF3N2O/c11-9-6(10(12,13)14)2-1-3-7(9)16-8(17)4-5-15/h1-3H,4H2,(H,16,17). The van der Waals surface area contributed by atoms with Crippen LogP contribution < -0.4 is 5.32 Å². The highest BCUT2D eigenvalue weighted by Gasteiger charge is 2.34. The Morgan fingerprint density at radius 3 is 2.65 bits per heavy atom. The molecule has 0 saturated heterocycles. The van der Waals surface area contributed by atoms with Gasteiger partial charge < -0.3 is 5.32 Å². The van der Waals surface area contributed by atoms with Crippen LogP contribution in [0.4, 0.5) is 18.9 Å². The molecule has 90 valence electrons. The molecule has 0 bridgehead atoms. The van der Waals surface area contributed by atoms with Gasteiger partial charge in [-0.15, -0.1) is 0 Å². The molecule has 0 heterocycles. The van der Waals surface area contributed by atoms with Crippen LogP contribution in [-0.2, 0) is 11.0 Å². The van der Waals surface area contributed by atoms with Crippen molar-refractivity contribution >= 4 is 23.2 Å². The Balaban J connectivity index is 3.04. The number of alkyl halides is 3. The number of amides is 1. The van der Waals surface area contributed by atoms with Crippen LogP contribution in [0.1, 0.15) is 12.0 Å². The molecule has 1 aromatic rings. The minimum absolute atomic E-state index is 0.165. The van der Waals surface area contributed by atoms with Crippen LogP contribution in [0.3, 0.4) is 0 Å². The van der Waals surface area contributed by atoms with Gasteiger partial charge >= 0.3 is 6.18 Å². The van der Waals surface area contributed by atoms with Gasteiger partial charge in [0, 0.05) is 0 Å². The van der Waals surface area contributed by atoms with E-state index in [1.54, 1.807) is 6.07 Å². The predicted octanol–water partition coefficient (Wildman–Crippen LogP) is 3.21. The lowest BCUT2D eigenvalue weighted by Crippen LogP contribution is -2.13. The molecule has 0 atom stereocenters. The van der Waals surface area contributed by atoms with E-state index in [0.29, 0.717) is 0 Å². The zero-order valence-corrected chi connectivity index (χ0v) is 9.06. The number of halogens is 4. The lowest BCUT2D eigenvalue weighted by atomic mass is 10.2. The molecule has 0 radical (unpaired) electrons. The monoisotopic (exact) mass is 262 g/mol. The summed E-state index contributed by atoms with van der Waals surface area (Å²) in [7, 11) is 0. The maximum absolute atomic E-state index is 12.5. The summed E-state index contributed by atoms with van der Waals surface area (Å²) in [4.78, 5) is 11.1. The number of benzene rings is 1. The Morgan fingerprint density at radius 2 is 2.12 bits per heavy atom. The normalized spacial score (nSPS) is 10.8. The van der Waals surface area contributed by atoms with Crippen LogP contribution >= 0.6 is 11.6 Å². The van der Waals surface area contributed by atoms with E-state index >= 15 is 0 Å². The van der Waals surface area contributed by atoms with Crippen molar-refractivity contribution in [3.05, 3.63) is 28.8 Å². The average Bonchev–Trinajstić information content (AvgIpc) is 2.19. The first kappa shape index (κ1) is 13.3. The van der Waals surface area contributed by atoms with Crippen molar-refractivity contribution in [2.45, 2.75) is 12.6 Å². The number of hydrogen-bond acceptors (Lipinski definition) is 2. The highest BCUT2D eigenvalue weighted by Crippen LogP contribution is 2.38. The largest absolute Gasteiger partial charge is 0.417 e.